The molecule has 0 saturated heterocycles. The van der Waals surface area contributed by atoms with E-state index in [0.29, 0.717) is 32.3 Å². The van der Waals surface area contributed by atoms with Gasteiger partial charge in [0.15, 0.2) is 0 Å². The predicted molar refractivity (Wildman–Crippen MR) is 88.8 cm³/mol. The van der Waals surface area contributed by atoms with Crippen molar-refractivity contribution in [2.75, 3.05) is 26.4 Å². The fraction of sp³-hybridized carbons (Fsp3) is 1.00. The summed E-state index contributed by atoms with van der Waals surface area (Å²) in [6.45, 7) is 10.5. The van der Waals surface area contributed by atoms with Crippen LogP contribution in [0.3, 0.4) is 0 Å². The van der Waals surface area contributed by atoms with Gasteiger partial charge in [0.25, 0.3) is 0 Å². The van der Waals surface area contributed by atoms with Gasteiger partial charge in [-0.2, -0.15) is 0 Å². The van der Waals surface area contributed by atoms with Gasteiger partial charge in [-0.05, 0) is 59.3 Å². The molecule has 5 nitrogen and oxygen atoms in total. The Morgan fingerprint density at radius 1 is 0.909 bits per heavy atom. The largest absolute Gasteiger partial charge is 0.500 e. The summed E-state index contributed by atoms with van der Waals surface area (Å²) < 4.78 is 23.4. The van der Waals surface area contributed by atoms with E-state index in [9.17, 15) is 5.11 Å². The second-order valence-electron chi connectivity index (χ2n) is 5.76. The van der Waals surface area contributed by atoms with Gasteiger partial charge in [-0.1, -0.05) is 0 Å². The van der Waals surface area contributed by atoms with Gasteiger partial charge in [0.2, 0.25) is 0 Å². The lowest BCUT2D eigenvalue weighted by Gasteiger charge is -2.35. The van der Waals surface area contributed by atoms with E-state index in [4.69, 9.17) is 18.0 Å². The Labute approximate surface area is 136 Å². The second-order valence-corrected chi connectivity index (χ2v) is 8.49. The molecule has 0 amide bonds. The lowest BCUT2D eigenvalue weighted by molar-refractivity contribution is -0.0681. The van der Waals surface area contributed by atoms with Crippen molar-refractivity contribution >= 4 is 8.80 Å². The summed E-state index contributed by atoms with van der Waals surface area (Å²) in [5.74, 6) is 0.549. The number of ether oxygens (including phenoxy) is 1. The van der Waals surface area contributed by atoms with E-state index >= 15 is 0 Å². The van der Waals surface area contributed by atoms with E-state index in [1.165, 1.54) is 0 Å². The maximum Gasteiger partial charge on any atom is 0.500 e. The minimum Gasteiger partial charge on any atom is -0.390 e. The van der Waals surface area contributed by atoms with E-state index in [1.807, 2.05) is 27.7 Å². The van der Waals surface area contributed by atoms with E-state index < -0.39 is 8.80 Å². The zero-order valence-corrected chi connectivity index (χ0v) is 15.7. The van der Waals surface area contributed by atoms with Crippen LogP contribution in [0.2, 0.25) is 6.04 Å². The van der Waals surface area contributed by atoms with Gasteiger partial charge in [-0.15, -0.1) is 0 Å². The summed E-state index contributed by atoms with van der Waals surface area (Å²) in [5, 5.41) is 10.0. The lowest BCUT2D eigenvalue weighted by Crippen LogP contribution is -2.46. The molecule has 0 radical (unpaired) electrons. The fourth-order valence-corrected chi connectivity index (χ4v) is 6.00. The van der Waals surface area contributed by atoms with E-state index in [2.05, 4.69) is 0 Å². The van der Waals surface area contributed by atoms with Crippen LogP contribution in [0.4, 0.5) is 0 Å². The average molecular weight is 335 g/mol. The van der Waals surface area contributed by atoms with Crippen LogP contribution in [-0.4, -0.2) is 52.5 Å². The Kier molecular flexibility index (Phi) is 9.78. The van der Waals surface area contributed by atoms with Gasteiger partial charge >= 0.3 is 8.80 Å². The monoisotopic (exact) mass is 334 g/mol. The third-order valence-electron chi connectivity index (χ3n) is 4.20. The van der Waals surface area contributed by atoms with E-state index in [1.54, 1.807) is 0 Å². The molecule has 1 aliphatic rings. The molecule has 1 aliphatic carbocycles. The quantitative estimate of drug-likeness (QED) is 0.589. The molecule has 22 heavy (non-hydrogen) atoms. The van der Waals surface area contributed by atoms with Crippen LogP contribution in [0.1, 0.15) is 53.4 Å². The van der Waals surface area contributed by atoms with E-state index in [-0.39, 0.29) is 12.2 Å². The molecule has 1 saturated carbocycles. The summed E-state index contributed by atoms with van der Waals surface area (Å²) in [5.41, 5.74) is 0. The van der Waals surface area contributed by atoms with Crippen molar-refractivity contribution in [1.82, 2.24) is 0 Å². The maximum absolute atomic E-state index is 10.0. The highest BCUT2D eigenvalue weighted by atomic mass is 28.4. The number of aliphatic hydroxyl groups excluding tert-OH is 1. The van der Waals surface area contributed by atoms with Crippen molar-refractivity contribution in [2.45, 2.75) is 71.6 Å². The van der Waals surface area contributed by atoms with Crippen molar-refractivity contribution in [3.8, 4) is 0 Å². The molecule has 6 heteroatoms. The Morgan fingerprint density at radius 2 is 1.50 bits per heavy atom. The highest BCUT2D eigenvalue weighted by Gasteiger charge is 2.41. The molecule has 0 heterocycles. The first kappa shape index (κ1) is 20.1. The smallest absolute Gasteiger partial charge is 0.390 e. The summed E-state index contributed by atoms with van der Waals surface area (Å²) in [6, 6.07) is 0.849. The van der Waals surface area contributed by atoms with Crippen LogP contribution in [0.5, 0.6) is 0 Å². The Morgan fingerprint density at radius 3 is 2.00 bits per heavy atom. The number of hydrogen-bond donors (Lipinski definition) is 1. The van der Waals surface area contributed by atoms with Crippen molar-refractivity contribution in [3.63, 3.8) is 0 Å². The first-order valence-electron chi connectivity index (χ1n) is 8.82. The molecular weight excluding hydrogens is 300 g/mol. The second kappa shape index (κ2) is 10.7. The minimum absolute atomic E-state index is 0.0221. The number of rotatable bonds is 11. The van der Waals surface area contributed by atoms with Gasteiger partial charge in [-0.25, -0.2) is 0 Å². The molecule has 1 fully saturated rings. The summed E-state index contributed by atoms with van der Waals surface area (Å²) in [7, 11) is -2.54. The summed E-state index contributed by atoms with van der Waals surface area (Å²) >= 11 is 0. The van der Waals surface area contributed by atoms with E-state index in [0.717, 1.165) is 31.7 Å². The molecular formula is C16H34O5Si. The van der Waals surface area contributed by atoms with Crippen LogP contribution < -0.4 is 0 Å². The SMILES string of the molecule is CCOC1CC(CC[Si](OCC)(OCC)OCC)CCC1O. The lowest BCUT2D eigenvalue weighted by atomic mass is 9.84. The maximum atomic E-state index is 10.0. The molecule has 132 valence electrons. The standard InChI is InChI=1S/C16H34O5Si/c1-5-18-16-13-14(9-10-15(16)17)11-12-22(19-6-2,20-7-3)21-8-4/h14-17H,5-13H2,1-4H3. The molecule has 1 N–H and O–H groups in total. The average Bonchev–Trinajstić information content (AvgIpc) is 2.49. The number of hydrogen-bond acceptors (Lipinski definition) is 5. The molecule has 0 aromatic heterocycles. The topological polar surface area (TPSA) is 57.2 Å². The molecule has 0 aliphatic heterocycles. The molecule has 0 bridgehead atoms. The zero-order valence-electron chi connectivity index (χ0n) is 14.7. The molecule has 0 spiro atoms. The molecule has 3 atom stereocenters. The van der Waals surface area contributed by atoms with Gasteiger partial charge in [0.05, 0.1) is 12.2 Å². The number of aliphatic hydroxyl groups is 1. The van der Waals surface area contributed by atoms with Gasteiger partial charge in [-0.3, -0.25) is 0 Å². The Bertz CT molecular complexity index is 273. The first-order chi connectivity index (χ1) is 10.6. The molecule has 1 rings (SSSR count). The minimum atomic E-state index is -2.54. The molecule has 0 aromatic carbocycles. The Balaban J connectivity index is 2.55. The summed E-state index contributed by atoms with van der Waals surface area (Å²) in [4.78, 5) is 0. The van der Waals surface area contributed by atoms with Crippen molar-refractivity contribution in [1.29, 1.82) is 0 Å². The van der Waals surface area contributed by atoms with Crippen LogP contribution in [-0.2, 0) is 18.0 Å². The van der Waals surface area contributed by atoms with Crippen LogP contribution in [0.25, 0.3) is 0 Å². The van der Waals surface area contributed by atoms with Crippen LogP contribution >= 0.6 is 0 Å². The van der Waals surface area contributed by atoms with Crippen molar-refractivity contribution in [2.24, 2.45) is 5.92 Å². The normalized spacial score (nSPS) is 26.3. The van der Waals surface area contributed by atoms with Crippen LogP contribution in [0.15, 0.2) is 0 Å². The summed E-state index contributed by atoms with van der Waals surface area (Å²) in [6.07, 6.45) is 3.46. The van der Waals surface area contributed by atoms with Crippen LogP contribution in [0, 0.1) is 5.92 Å². The predicted octanol–water partition coefficient (Wildman–Crippen LogP) is 2.99. The highest BCUT2D eigenvalue weighted by molar-refractivity contribution is 6.60. The van der Waals surface area contributed by atoms with Gasteiger partial charge in [0, 0.05) is 32.5 Å². The fourth-order valence-electron chi connectivity index (χ4n) is 3.23. The third-order valence-corrected chi connectivity index (χ3v) is 7.28. The Hall–Kier alpha value is 0.0169. The van der Waals surface area contributed by atoms with Crippen molar-refractivity contribution < 1.29 is 23.1 Å². The van der Waals surface area contributed by atoms with Crippen molar-refractivity contribution in [3.05, 3.63) is 0 Å². The molecule has 0 aromatic rings. The third kappa shape index (κ3) is 6.26. The zero-order chi connectivity index (χ0) is 16.4. The van der Waals surface area contributed by atoms with Gasteiger partial charge in [0.1, 0.15) is 0 Å². The molecule has 3 unspecified atom stereocenters. The highest BCUT2D eigenvalue weighted by Crippen LogP contribution is 2.32. The first-order valence-corrected chi connectivity index (χ1v) is 10.7. The van der Waals surface area contributed by atoms with Gasteiger partial charge < -0.3 is 23.1 Å².